The van der Waals surface area contributed by atoms with Crippen LogP contribution in [0.15, 0.2) is 54.6 Å². The highest BCUT2D eigenvalue weighted by atomic mass is 16.5. The maximum absolute atomic E-state index is 11.6. The number of hydrogen-bond acceptors (Lipinski definition) is 3. The molecule has 5 heteroatoms. The molecule has 1 aromatic heterocycles. The normalized spacial score (nSPS) is 11.3. The molecule has 0 aliphatic carbocycles. The SMILES string of the molecule is C/C=C\C(=O)NCCCc1nc2ccccc2n1CCCCOc1c(C)cccc1C. The number of nitrogens with zero attached hydrogens (tertiary/aromatic N) is 2. The number of fused-ring (bicyclic) bond motifs is 1. The van der Waals surface area contributed by atoms with Crippen molar-refractivity contribution in [2.45, 2.75) is 53.0 Å². The summed E-state index contributed by atoms with van der Waals surface area (Å²) in [5, 5.41) is 2.91. The molecule has 0 aliphatic rings. The van der Waals surface area contributed by atoms with Gasteiger partial charge in [0.25, 0.3) is 0 Å². The highest BCUT2D eigenvalue weighted by Crippen LogP contribution is 2.23. The van der Waals surface area contributed by atoms with Crippen molar-refractivity contribution in [1.29, 1.82) is 0 Å². The molecule has 1 amide bonds. The van der Waals surface area contributed by atoms with E-state index in [1.54, 1.807) is 12.2 Å². The third kappa shape index (κ3) is 6.20. The summed E-state index contributed by atoms with van der Waals surface area (Å²) in [6.45, 7) is 8.30. The molecule has 0 unspecified atom stereocenters. The van der Waals surface area contributed by atoms with E-state index >= 15 is 0 Å². The fraction of sp³-hybridized carbons (Fsp3) is 0.385. The van der Waals surface area contributed by atoms with Crippen LogP contribution in [0, 0.1) is 13.8 Å². The van der Waals surface area contributed by atoms with Gasteiger partial charge in [0.05, 0.1) is 17.6 Å². The van der Waals surface area contributed by atoms with E-state index in [0.29, 0.717) is 13.2 Å². The molecule has 5 nitrogen and oxygen atoms in total. The number of amides is 1. The van der Waals surface area contributed by atoms with Crippen LogP contribution in [-0.4, -0.2) is 28.6 Å². The second kappa shape index (κ2) is 11.3. The van der Waals surface area contributed by atoms with Crippen LogP contribution in [0.5, 0.6) is 5.75 Å². The molecular weight excluding hydrogens is 386 g/mol. The Morgan fingerprint density at radius 2 is 1.84 bits per heavy atom. The fourth-order valence-corrected chi connectivity index (χ4v) is 3.81. The first-order valence-corrected chi connectivity index (χ1v) is 11.1. The van der Waals surface area contributed by atoms with Crippen molar-refractivity contribution >= 4 is 16.9 Å². The van der Waals surface area contributed by atoms with Crippen molar-refractivity contribution < 1.29 is 9.53 Å². The van der Waals surface area contributed by atoms with E-state index in [2.05, 4.69) is 60.1 Å². The Labute approximate surface area is 185 Å². The number of para-hydroxylation sites is 3. The molecule has 3 aromatic rings. The third-order valence-electron chi connectivity index (χ3n) is 5.36. The molecule has 0 bridgehead atoms. The lowest BCUT2D eigenvalue weighted by Gasteiger charge is -2.13. The molecule has 0 atom stereocenters. The van der Waals surface area contributed by atoms with Crippen LogP contribution in [-0.2, 0) is 17.8 Å². The van der Waals surface area contributed by atoms with Gasteiger partial charge in [0.15, 0.2) is 0 Å². The molecule has 1 heterocycles. The van der Waals surface area contributed by atoms with Gasteiger partial charge >= 0.3 is 0 Å². The van der Waals surface area contributed by atoms with E-state index in [9.17, 15) is 4.79 Å². The minimum atomic E-state index is -0.0418. The summed E-state index contributed by atoms with van der Waals surface area (Å²) in [6, 6.07) is 14.5. The van der Waals surface area contributed by atoms with Crippen LogP contribution in [0.2, 0.25) is 0 Å². The van der Waals surface area contributed by atoms with Crippen LogP contribution in [0.3, 0.4) is 0 Å². The number of imidazole rings is 1. The number of aromatic nitrogens is 2. The van der Waals surface area contributed by atoms with Crippen LogP contribution < -0.4 is 10.1 Å². The van der Waals surface area contributed by atoms with Gasteiger partial charge in [0, 0.05) is 19.5 Å². The van der Waals surface area contributed by atoms with Gasteiger partial charge in [-0.05, 0) is 69.4 Å². The van der Waals surface area contributed by atoms with Gasteiger partial charge in [-0.1, -0.05) is 36.4 Å². The second-order valence-corrected chi connectivity index (χ2v) is 7.84. The minimum Gasteiger partial charge on any atom is -0.493 e. The van der Waals surface area contributed by atoms with Crippen molar-refractivity contribution in [2.24, 2.45) is 0 Å². The summed E-state index contributed by atoms with van der Waals surface area (Å²) in [4.78, 5) is 16.4. The Kier molecular flexibility index (Phi) is 8.27. The molecule has 2 aromatic carbocycles. The Bertz CT molecular complexity index is 1020. The van der Waals surface area contributed by atoms with E-state index in [1.807, 2.05) is 13.0 Å². The Morgan fingerprint density at radius 1 is 1.06 bits per heavy atom. The quantitative estimate of drug-likeness (QED) is 0.346. The Hall–Kier alpha value is -3.08. The van der Waals surface area contributed by atoms with Gasteiger partial charge < -0.3 is 14.6 Å². The summed E-state index contributed by atoms with van der Waals surface area (Å²) in [6.07, 6.45) is 7.01. The van der Waals surface area contributed by atoms with Crippen LogP contribution in [0.4, 0.5) is 0 Å². The number of unbranched alkanes of at least 4 members (excludes halogenated alkanes) is 1. The summed E-state index contributed by atoms with van der Waals surface area (Å²) in [5.41, 5.74) is 4.57. The van der Waals surface area contributed by atoms with Gasteiger partial charge in [0.2, 0.25) is 5.91 Å². The maximum Gasteiger partial charge on any atom is 0.243 e. The maximum atomic E-state index is 11.6. The molecule has 3 rings (SSSR count). The zero-order chi connectivity index (χ0) is 22.1. The van der Waals surface area contributed by atoms with Crippen molar-refractivity contribution in [3.63, 3.8) is 0 Å². The molecular formula is C26H33N3O2. The predicted molar refractivity (Wildman–Crippen MR) is 127 cm³/mol. The van der Waals surface area contributed by atoms with Crippen LogP contribution in [0.25, 0.3) is 11.0 Å². The minimum absolute atomic E-state index is 0.0418. The van der Waals surface area contributed by atoms with Crippen LogP contribution >= 0.6 is 0 Å². The Morgan fingerprint density at radius 3 is 2.61 bits per heavy atom. The number of benzene rings is 2. The van der Waals surface area contributed by atoms with Gasteiger partial charge in [0.1, 0.15) is 11.6 Å². The number of hydrogen-bond donors (Lipinski definition) is 1. The second-order valence-electron chi connectivity index (χ2n) is 7.84. The number of allylic oxidation sites excluding steroid dienone is 1. The Balaban J connectivity index is 1.55. The molecule has 0 saturated heterocycles. The smallest absolute Gasteiger partial charge is 0.243 e. The average Bonchev–Trinajstić information content (AvgIpc) is 3.10. The lowest BCUT2D eigenvalue weighted by atomic mass is 10.1. The molecule has 164 valence electrons. The lowest BCUT2D eigenvalue weighted by molar-refractivity contribution is -0.116. The van der Waals surface area contributed by atoms with Gasteiger partial charge in [-0.2, -0.15) is 0 Å². The molecule has 0 radical (unpaired) electrons. The van der Waals surface area contributed by atoms with Gasteiger partial charge in [-0.15, -0.1) is 0 Å². The first-order chi connectivity index (χ1) is 15.1. The summed E-state index contributed by atoms with van der Waals surface area (Å²) in [7, 11) is 0. The van der Waals surface area contributed by atoms with E-state index in [1.165, 1.54) is 16.6 Å². The third-order valence-corrected chi connectivity index (χ3v) is 5.36. The fourth-order valence-electron chi connectivity index (χ4n) is 3.81. The number of ether oxygens (including phenoxy) is 1. The van der Waals surface area contributed by atoms with E-state index in [4.69, 9.17) is 9.72 Å². The highest BCUT2D eigenvalue weighted by Gasteiger charge is 2.10. The number of carbonyl (C=O) groups excluding carboxylic acids is 1. The first kappa shape index (κ1) is 22.6. The predicted octanol–water partition coefficient (Wildman–Crippen LogP) is 5.14. The monoisotopic (exact) mass is 419 g/mol. The zero-order valence-corrected chi connectivity index (χ0v) is 18.9. The molecule has 1 N–H and O–H groups in total. The van der Waals surface area contributed by atoms with E-state index < -0.39 is 0 Å². The summed E-state index contributed by atoms with van der Waals surface area (Å²) >= 11 is 0. The summed E-state index contributed by atoms with van der Waals surface area (Å²) in [5.74, 6) is 2.05. The topological polar surface area (TPSA) is 56.2 Å². The first-order valence-electron chi connectivity index (χ1n) is 11.1. The largest absolute Gasteiger partial charge is 0.493 e. The molecule has 0 fully saturated rings. The van der Waals surface area contributed by atoms with Gasteiger partial charge in [-0.25, -0.2) is 4.98 Å². The molecule has 31 heavy (non-hydrogen) atoms. The molecule has 0 saturated carbocycles. The number of nitrogens with one attached hydrogen (secondary N) is 1. The number of rotatable bonds is 11. The van der Waals surface area contributed by atoms with E-state index in [-0.39, 0.29) is 5.91 Å². The van der Waals surface area contributed by atoms with Crippen LogP contribution in [0.1, 0.15) is 43.1 Å². The number of carbonyl (C=O) groups is 1. The van der Waals surface area contributed by atoms with Crippen molar-refractivity contribution in [1.82, 2.24) is 14.9 Å². The number of aryl methyl sites for hydroxylation is 4. The summed E-state index contributed by atoms with van der Waals surface area (Å²) < 4.78 is 8.38. The molecule has 0 spiro atoms. The van der Waals surface area contributed by atoms with Crippen molar-refractivity contribution in [3.8, 4) is 5.75 Å². The van der Waals surface area contributed by atoms with Crippen molar-refractivity contribution in [3.05, 3.63) is 71.6 Å². The standard InChI is InChI=1S/C26H33N3O2/c1-4-11-25(30)27-17-10-16-24-28-22-14-5-6-15-23(22)29(24)18-7-8-19-31-26-20(2)12-9-13-21(26)3/h4-6,9,11-15H,7-8,10,16-19H2,1-3H3,(H,27,30)/b11-4-. The van der Waals surface area contributed by atoms with Gasteiger partial charge in [-0.3, -0.25) is 4.79 Å². The molecule has 0 aliphatic heterocycles. The highest BCUT2D eigenvalue weighted by molar-refractivity contribution is 5.87. The lowest BCUT2D eigenvalue weighted by Crippen LogP contribution is -2.22. The average molecular weight is 420 g/mol. The van der Waals surface area contributed by atoms with Crippen molar-refractivity contribution in [2.75, 3.05) is 13.2 Å². The van der Waals surface area contributed by atoms with E-state index in [0.717, 1.165) is 49.3 Å². The zero-order valence-electron chi connectivity index (χ0n) is 18.9.